The molecule has 0 spiro atoms. The first-order valence-corrected chi connectivity index (χ1v) is 11.0. The predicted molar refractivity (Wildman–Crippen MR) is 124 cm³/mol. The van der Waals surface area contributed by atoms with E-state index in [-0.39, 0.29) is 17.9 Å². The van der Waals surface area contributed by atoms with Crippen LogP contribution in [0.5, 0.6) is 5.75 Å². The van der Waals surface area contributed by atoms with Gasteiger partial charge in [0.25, 0.3) is 5.91 Å². The van der Waals surface area contributed by atoms with Gasteiger partial charge < -0.3 is 15.0 Å². The van der Waals surface area contributed by atoms with Crippen LogP contribution >= 0.6 is 11.6 Å². The number of amides is 2. The number of hydrogen-bond acceptors (Lipinski definition) is 4. The molecule has 166 valence electrons. The van der Waals surface area contributed by atoms with Gasteiger partial charge in [-0.3, -0.25) is 14.5 Å². The van der Waals surface area contributed by atoms with Crippen molar-refractivity contribution in [3.63, 3.8) is 0 Å². The Kier molecular flexibility index (Phi) is 7.57. The second-order valence-electron chi connectivity index (χ2n) is 8.17. The molecule has 7 heteroatoms. The van der Waals surface area contributed by atoms with Crippen LogP contribution in [0.4, 0.5) is 5.69 Å². The molecule has 3 rings (SSSR count). The number of benzene rings is 2. The molecule has 0 radical (unpaired) electrons. The van der Waals surface area contributed by atoms with E-state index in [0.717, 1.165) is 16.8 Å². The first kappa shape index (κ1) is 23.1. The quantitative estimate of drug-likeness (QED) is 0.728. The van der Waals surface area contributed by atoms with Crippen LogP contribution in [-0.2, 0) is 4.79 Å². The zero-order valence-corrected chi connectivity index (χ0v) is 19.3. The van der Waals surface area contributed by atoms with Crippen molar-refractivity contribution in [2.45, 2.75) is 33.8 Å². The average molecular weight is 444 g/mol. The summed E-state index contributed by atoms with van der Waals surface area (Å²) in [5.74, 6) is 0.397. The molecule has 31 heavy (non-hydrogen) atoms. The van der Waals surface area contributed by atoms with E-state index in [1.807, 2.05) is 45.9 Å². The summed E-state index contributed by atoms with van der Waals surface area (Å²) in [7, 11) is 0. The van der Waals surface area contributed by atoms with E-state index in [1.54, 1.807) is 23.1 Å². The van der Waals surface area contributed by atoms with Crippen LogP contribution in [0.2, 0.25) is 5.02 Å². The van der Waals surface area contributed by atoms with Gasteiger partial charge in [-0.2, -0.15) is 0 Å². The highest BCUT2D eigenvalue weighted by molar-refractivity contribution is 6.31. The summed E-state index contributed by atoms with van der Waals surface area (Å²) in [4.78, 5) is 29.4. The Morgan fingerprint density at radius 2 is 1.81 bits per heavy atom. The fraction of sp³-hybridized carbons (Fsp3) is 0.417. The number of ether oxygens (including phenoxy) is 1. The van der Waals surface area contributed by atoms with E-state index in [2.05, 4.69) is 10.2 Å². The molecule has 1 N–H and O–H groups in total. The van der Waals surface area contributed by atoms with Crippen molar-refractivity contribution >= 4 is 29.1 Å². The van der Waals surface area contributed by atoms with E-state index < -0.39 is 0 Å². The minimum absolute atomic E-state index is 0.0416. The number of carbonyl (C=O) groups excluding carboxylic acids is 2. The fourth-order valence-electron chi connectivity index (χ4n) is 3.58. The summed E-state index contributed by atoms with van der Waals surface area (Å²) in [6.45, 7) is 10.5. The fourth-order valence-corrected chi connectivity index (χ4v) is 3.76. The monoisotopic (exact) mass is 443 g/mol. The Labute approximate surface area is 189 Å². The highest BCUT2D eigenvalue weighted by Crippen LogP contribution is 2.26. The lowest BCUT2D eigenvalue weighted by molar-refractivity contribution is -0.117. The standard InChI is InChI=1S/C24H30ClN3O3/c1-16(2)31-22-9-8-19(25)14-20(22)24(30)28-12-10-27(11-13-28)15-23(29)26-21-7-5-6-17(3)18(21)4/h5-9,14,16H,10-13,15H2,1-4H3,(H,26,29). The van der Waals surface area contributed by atoms with Crippen molar-refractivity contribution in [3.05, 3.63) is 58.1 Å². The maximum atomic E-state index is 13.1. The lowest BCUT2D eigenvalue weighted by atomic mass is 10.1. The van der Waals surface area contributed by atoms with Crippen LogP contribution in [0, 0.1) is 13.8 Å². The van der Waals surface area contributed by atoms with Crippen molar-refractivity contribution < 1.29 is 14.3 Å². The molecule has 1 aliphatic rings. The molecule has 0 aromatic heterocycles. The Bertz CT molecular complexity index is 953. The maximum Gasteiger partial charge on any atom is 0.257 e. The number of carbonyl (C=O) groups is 2. The largest absolute Gasteiger partial charge is 0.490 e. The zero-order valence-electron chi connectivity index (χ0n) is 18.6. The predicted octanol–water partition coefficient (Wildman–Crippen LogP) is 4.14. The van der Waals surface area contributed by atoms with Gasteiger partial charge >= 0.3 is 0 Å². The Morgan fingerprint density at radius 3 is 2.48 bits per heavy atom. The molecule has 0 saturated carbocycles. The highest BCUT2D eigenvalue weighted by Gasteiger charge is 2.26. The number of halogens is 1. The van der Waals surface area contributed by atoms with Crippen molar-refractivity contribution in [1.82, 2.24) is 9.80 Å². The second-order valence-corrected chi connectivity index (χ2v) is 8.61. The molecule has 1 fully saturated rings. The van der Waals surface area contributed by atoms with Gasteiger partial charge in [-0.05, 0) is 63.1 Å². The van der Waals surface area contributed by atoms with Gasteiger partial charge in [0, 0.05) is 36.9 Å². The smallest absolute Gasteiger partial charge is 0.257 e. The van der Waals surface area contributed by atoms with Crippen LogP contribution in [0.1, 0.15) is 35.3 Å². The van der Waals surface area contributed by atoms with Crippen LogP contribution in [-0.4, -0.2) is 60.4 Å². The van der Waals surface area contributed by atoms with Crippen molar-refractivity contribution in [1.29, 1.82) is 0 Å². The molecule has 1 saturated heterocycles. The van der Waals surface area contributed by atoms with Crippen molar-refractivity contribution in [2.24, 2.45) is 0 Å². The van der Waals surface area contributed by atoms with E-state index in [4.69, 9.17) is 16.3 Å². The molecule has 0 atom stereocenters. The van der Waals surface area contributed by atoms with Crippen molar-refractivity contribution in [3.8, 4) is 5.75 Å². The lowest BCUT2D eigenvalue weighted by Crippen LogP contribution is -2.50. The zero-order chi connectivity index (χ0) is 22.5. The second kappa shape index (κ2) is 10.2. The summed E-state index contributed by atoms with van der Waals surface area (Å²) >= 11 is 6.13. The van der Waals surface area contributed by atoms with Gasteiger partial charge in [-0.1, -0.05) is 23.7 Å². The third-order valence-corrected chi connectivity index (χ3v) is 5.68. The van der Waals surface area contributed by atoms with Gasteiger partial charge in [0.15, 0.2) is 0 Å². The number of nitrogens with one attached hydrogen (secondary N) is 1. The summed E-state index contributed by atoms with van der Waals surface area (Å²) in [6.07, 6.45) is -0.0416. The van der Waals surface area contributed by atoms with Crippen LogP contribution in [0.3, 0.4) is 0 Å². The molecule has 6 nitrogen and oxygen atoms in total. The third kappa shape index (κ3) is 5.99. The summed E-state index contributed by atoms with van der Waals surface area (Å²) < 4.78 is 5.79. The molecule has 1 aliphatic heterocycles. The normalized spacial score (nSPS) is 14.6. The van der Waals surface area contributed by atoms with Gasteiger partial charge in [-0.15, -0.1) is 0 Å². The number of anilines is 1. The highest BCUT2D eigenvalue weighted by atomic mass is 35.5. The molecule has 2 amide bonds. The summed E-state index contributed by atoms with van der Waals surface area (Å²) in [6, 6.07) is 11.0. The minimum atomic E-state index is -0.0994. The first-order valence-electron chi connectivity index (χ1n) is 10.6. The summed E-state index contributed by atoms with van der Waals surface area (Å²) in [5, 5.41) is 3.50. The third-order valence-electron chi connectivity index (χ3n) is 5.44. The Morgan fingerprint density at radius 1 is 1.10 bits per heavy atom. The molecule has 2 aromatic rings. The van der Waals surface area contributed by atoms with Gasteiger partial charge in [0.05, 0.1) is 18.2 Å². The molecule has 1 heterocycles. The molecule has 0 bridgehead atoms. The first-order chi connectivity index (χ1) is 14.7. The van der Waals surface area contributed by atoms with Crippen LogP contribution in [0.25, 0.3) is 0 Å². The molecular formula is C24H30ClN3O3. The number of rotatable bonds is 6. The number of hydrogen-bond donors (Lipinski definition) is 1. The SMILES string of the molecule is Cc1cccc(NC(=O)CN2CCN(C(=O)c3cc(Cl)ccc3OC(C)C)CC2)c1C. The number of nitrogens with zero attached hydrogens (tertiary/aromatic N) is 2. The maximum absolute atomic E-state index is 13.1. The Balaban J connectivity index is 1.57. The number of piperazine rings is 1. The molecular weight excluding hydrogens is 414 g/mol. The Hall–Kier alpha value is -2.57. The number of aryl methyl sites for hydroxylation is 1. The van der Waals surface area contributed by atoms with E-state index in [9.17, 15) is 9.59 Å². The van der Waals surface area contributed by atoms with E-state index in [1.165, 1.54) is 0 Å². The lowest BCUT2D eigenvalue weighted by Gasteiger charge is -2.34. The van der Waals surface area contributed by atoms with Gasteiger partial charge in [0.2, 0.25) is 5.91 Å². The average Bonchev–Trinajstić information content (AvgIpc) is 2.72. The molecule has 0 unspecified atom stereocenters. The molecule has 2 aromatic carbocycles. The van der Waals surface area contributed by atoms with E-state index >= 15 is 0 Å². The van der Waals surface area contributed by atoms with Crippen molar-refractivity contribution in [2.75, 3.05) is 38.0 Å². The molecule has 0 aliphatic carbocycles. The van der Waals surface area contributed by atoms with E-state index in [0.29, 0.717) is 49.1 Å². The minimum Gasteiger partial charge on any atom is -0.490 e. The van der Waals surface area contributed by atoms with Crippen LogP contribution in [0.15, 0.2) is 36.4 Å². The van der Waals surface area contributed by atoms with Crippen LogP contribution < -0.4 is 10.1 Å². The van der Waals surface area contributed by atoms with Gasteiger partial charge in [-0.25, -0.2) is 0 Å². The van der Waals surface area contributed by atoms with Gasteiger partial charge in [0.1, 0.15) is 5.75 Å². The topological polar surface area (TPSA) is 61.9 Å². The summed E-state index contributed by atoms with van der Waals surface area (Å²) in [5.41, 5.74) is 3.54.